The number of carbonyl (C=O) groups is 2. The van der Waals surface area contributed by atoms with Crippen molar-refractivity contribution in [1.82, 2.24) is 0 Å². The lowest BCUT2D eigenvalue weighted by atomic mass is 10.0. The second-order valence-corrected chi connectivity index (χ2v) is 5.71. The summed E-state index contributed by atoms with van der Waals surface area (Å²) in [7, 11) is 0. The number of allylic oxidation sites excluding steroid dienone is 2. The molecule has 4 heteroatoms. The molecule has 2 aromatic carbocycles. The number of carbonyl (C=O) groups excluding carboxylic acids is 2. The SMILES string of the molecule is C=CCOc1ccccc1/C=C(C=O)/C(C=O)=C/c1ccccc1OCC=C. The fourth-order valence-electron chi connectivity index (χ4n) is 2.47. The molecule has 0 radical (unpaired) electrons. The maximum atomic E-state index is 11.7. The van der Waals surface area contributed by atoms with Crippen molar-refractivity contribution in [3.63, 3.8) is 0 Å². The van der Waals surface area contributed by atoms with Crippen LogP contribution in [0.4, 0.5) is 0 Å². The van der Waals surface area contributed by atoms with E-state index in [1.807, 2.05) is 36.4 Å². The molecule has 0 fully saturated rings. The standard InChI is InChI=1S/C24H22O4/c1-3-13-27-23-11-7-5-9-19(23)15-21(17-25)22(18-26)16-20-10-6-8-12-24(20)28-14-4-2/h3-12,15-18H,1-2,13-14H2/b21-15+,22-16+. The van der Waals surface area contributed by atoms with Gasteiger partial charge in [-0.05, 0) is 24.3 Å². The Morgan fingerprint density at radius 3 is 1.46 bits per heavy atom. The fraction of sp³-hybridized carbons (Fsp3) is 0.0833. The van der Waals surface area contributed by atoms with Crippen molar-refractivity contribution in [1.29, 1.82) is 0 Å². The number of rotatable bonds is 11. The van der Waals surface area contributed by atoms with Crippen molar-refractivity contribution in [3.05, 3.63) is 96.1 Å². The quantitative estimate of drug-likeness (QED) is 0.248. The van der Waals surface area contributed by atoms with Crippen LogP contribution < -0.4 is 9.47 Å². The molecule has 0 aromatic heterocycles. The Morgan fingerprint density at radius 2 is 1.11 bits per heavy atom. The van der Waals surface area contributed by atoms with Gasteiger partial charge in [0.05, 0.1) is 0 Å². The van der Waals surface area contributed by atoms with E-state index in [0.29, 0.717) is 48.4 Å². The number of hydrogen-bond acceptors (Lipinski definition) is 4. The summed E-state index contributed by atoms with van der Waals surface area (Å²) >= 11 is 0. The van der Waals surface area contributed by atoms with Crippen LogP contribution in [0.15, 0.2) is 85.0 Å². The number of hydrogen-bond donors (Lipinski definition) is 0. The Labute approximate surface area is 165 Å². The normalized spacial score (nSPS) is 11.4. The van der Waals surface area contributed by atoms with Crippen LogP contribution in [0.1, 0.15) is 11.1 Å². The maximum absolute atomic E-state index is 11.7. The first-order valence-corrected chi connectivity index (χ1v) is 8.73. The molecule has 0 amide bonds. The summed E-state index contributed by atoms with van der Waals surface area (Å²) in [6.07, 6.45) is 7.82. The van der Waals surface area contributed by atoms with Gasteiger partial charge in [0.1, 0.15) is 24.7 Å². The summed E-state index contributed by atoms with van der Waals surface area (Å²) in [6, 6.07) is 14.5. The fourth-order valence-corrected chi connectivity index (χ4v) is 2.47. The first kappa shape index (κ1) is 20.6. The van der Waals surface area contributed by atoms with E-state index in [0.717, 1.165) is 0 Å². The Bertz CT molecular complexity index is 831. The number of benzene rings is 2. The van der Waals surface area contributed by atoms with Gasteiger partial charge in [0.15, 0.2) is 12.6 Å². The lowest BCUT2D eigenvalue weighted by Gasteiger charge is -2.09. The molecule has 0 atom stereocenters. The summed E-state index contributed by atoms with van der Waals surface area (Å²) in [5.41, 5.74) is 1.86. The third-order valence-electron chi connectivity index (χ3n) is 3.76. The van der Waals surface area contributed by atoms with E-state index < -0.39 is 0 Å². The zero-order valence-electron chi connectivity index (χ0n) is 15.5. The van der Waals surface area contributed by atoms with Crippen LogP contribution in [-0.2, 0) is 9.59 Å². The Balaban J connectivity index is 2.44. The van der Waals surface area contributed by atoms with Crippen LogP contribution in [0.5, 0.6) is 11.5 Å². The lowest BCUT2D eigenvalue weighted by molar-refractivity contribution is -0.107. The first-order valence-electron chi connectivity index (χ1n) is 8.73. The topological polar surface area (TPSA) is 52.6 Å². The molecule has 142 valence electrons. The molecule has 0 unspecified atom stereocenters. The van der Waals surface area contributed by atoms with Gasteiger partial charge in [0.2, 0.25) is 0 Å². The van der Waals surface area contributed by atoms with Crippen LogP contribution in [0.25, 0.3) is 12.2 Å². The molecule has 0 spiro atoms. The minimum absolute atomic E-state index is 0.239. The zero-order valence-corrected chi connectivity index (χ0v) is 15.5. The van der Waals surface area contributed by atoms with E-state index in [-0.39, 0.29) is 11.1 Å². The molecule has 28 heavy (non-hydrogen) atoms. The maximum Gasteiger partial charge on any atom is 0.150 e. The van der Waals surface area contributed by atoms with Crippen molar-refractivity contribution in [2.45, 2.75) is 0 Å². The van der Waals surface area contributed by atoms with Crippen molar-refractivity contribution >= 4 is 24.7 Å². The van der Waals surface area contributed by atoms with Gasteiger partial charge in [-0.3, -0.25) is 9.59 Å². The molecule has 2 rings (SSSR count). The highest BCUT2D eigenvalue weighted by Crippen LogP contribution is 2.25. The Kier molecular flexibility index (Phi) is 8.21. The van der Waals surface area contributed by atoms with E-state index in [4.69, 9.17) is 9.47 Å². The summed E-state index contributed by atoms with van der Waals surface area (Å²) in [6.45, 7) is 7.94. The molecule has 4 nitrogen and oxygen atoms in total. The molecule has 0 saturated carbocycles. The van der Waals surface area contributed by atoms with E-state index >= 15 is 0 Å². The van der Waals surface area contributed by atoms with Crippen LogP contribution >= 0.6 is 0 Å². The van der Waals surface area contributed by atoms with E-state index in [1.54, 1.807) is 36.4 Å². The van der Waals surface area contributed by atoms with Crippen LogP contribution in [0, 0.1) is 0 Å². The van der Waals surface area contributed by atoms with Gasteiger partial charge in [0, 0.05) is 22.3 Å². The van der Waals surface area contributed by atoms with Crippen molar-refractivity contribution in [2.24, 2.45) is 0 Å². The highest BCUT2D eigenvalue weighted by atomic mass is 16.5. The lowest BCUT2D eigenvalue weighted by Crippen LogP contribution is -1.98. The third-order valence-corrected chi connectivity index (χ3v) is 3.76. The molecule has 0 aliphatic heterocycles. The van der Waals surface area contributed by atoms with Crippen molar-refractivity contribution < 1.29 is 19.1 Å². The average molecular weight is 374 g/mol. The summed E-state index contributed by atoms with van der Waals surface area (Å²) < 4.78 is 11.2. The number of ether oxygens (including phenoxy) is 2. The molecular formula is C24H22O4. The van der Waals surface area contributed by atoms with Gasteiger partial charge >= 0.3 is 0 Å². The first-order chi connectivity index (χ1) is 13.7. The molecule has 0 bridgehead atoms. The molecule has 0 saturated heterocycles. The zero-order chi connectivity index (χ0) is 20.2. The molecule has 0 N–H and O–H groups in total. The number of para-hydroxylation sites is 2. The van der Waals surface area contributed by atoms with Gasteiger partial charge in [-0.25, -0.2) is 0 Å². The van der Waals surface area contributed by atoms with Gasteiger partial charge < -0.3 is 9.47 Å². The smallest absolute Gasteiger partial charge is 0.150 e. The third kappa shape index (κ3) is 5.68. The van der Waals surface area contributed by atoms with Gasteiger partial charge in [-0.15, -0.1) is 0 Å². The molecule has 2 aromatic rings. The van der Waals surface area contributed by atoms with Crippen LogP contribution in [0.2, 0.25) is 0 Å². The molecule has 0 aliphatic rings. The van der Waals surface area contributed by atoms with E-state index in [1.165, 1.54) is 0 Å². The van der Waals surface area contributed by atoms with Gasteiger partial charge in [-0.1, -0.05) is 61.7 Å². The van der Waals surface area contributed by atoms with Crippen LogP contribution in [-0.4, -0.2) is 25.8 Å². The summed E-state index contributed by atoms with van der Waals surface area (Å²) in [4.78, 5) is 23.4. The Morgan fingerprint density at radius 1 is 0.714 bits per heavy atom. The second-order valence-electron chi connectivity index (χ2n) is 5.71. The Hall–Kier alpha value is -3.66. The predicted octanol–water partition coefficient (Wildman–Crippen LogP) is 4.68. The van der Waals surface area contributed by atoms with Gasteiger partial charge in [-0.2, -0.15) is 0 Å². The predicted molar refractivity (Wildman–Crippen MR) is 112 cm³/mol. The highest BCUT2D eigenvalue weighted by molar-refractivity contribution is 6.03. The average Bonchev–Trinajstić information content (AvgIpc) is 2.74. The second kappa shape index (κ2) is 11.1. The highest BCUT2D eigenvalue weighted by Gasteiger charge is 2.09. The van der Waals surface area contributed by atoms with E-state index in [2.05, 4.69) is 13.2 Å². The minimum Gasteiger partial charge on any atom is -0.489 e. The van der Waals surface area contributed by atoms with Gasteiger partial charge in [0.25, 0.3) is 0 Å². The minimum atomic E-state index is 0.239. The largest absolute Gasteiger partial charge is 0.489 e. The summed E-state index contributed by atoms with van der Waals surface area (Å²) in [5.74, 6) is 1.20. The summed E-state index contributed by atoms with van der Waals surface area (Å²) in [5, 5.41) is 0. The molecular weight excluding hydrogens is 352 g/mol. The van der Waals surface area contributed by atoms with Crippen LogP contribution in [0.3, 0.4) is 0 Å². The molecule has 0 heterocycles. The molecule has 0 aliphatic carbocycles. The van der Waals surface area contributed by atoms with Crippen molar-refractivity contribution in [2.75, 3.05) is 13.2 Å². The number of aldehydes is 2. The van der Waals surface area contributed by atoms with E-state index in [9.17, 15) is 9.59 Å². The monoisotopic (exact) mass is 374 g/mol. The van der Waals surface area contributed by atoms with Crippen molar-refractivity contribution in [3.8, 4) is 11.5 Å².